The van der Waals surface area contributed by atoms with Gasteiger partial charge in [-0.2, -0.15) is 0 Å². The van der Waals surface area contributed by atoms with Gasteiger partial charge < -0.3 is 9.47 Å². The molecule has 0 radical (unpaired) electrons. The molecule has 0 unspecified atom stereocenters. The topological polar surface area (TPSA) is 96.6 Å². The van der Waals surface area contributed by atoms with Gasteiger partial charge in [0.1, 0.15) is 0 Å². The molecule has 0 saturated heterocycles. The lowest BCUT2D eigenvalue weighted by Gasteiger charge is -2.10. The highest BCUT2D eigenvalue weighted by Gasteiger charge is 2.05. The van der Waals surface area contributed by atoms with Crippen LogP contribution >= 0.6 is 0 Å². The SMILES string of the molecule is COc1cc(CN=C=O)ccc1OCCN=[N+]=[N-]. The second-order valence-corrected chi connectivity index (χ2v) is 3.20. The Morgan fingerprint density at radius 2 is 2.28 bits per heavy atom. The summed E-state index contributed by atoms with van der Waals surface area (Å²) in [7, 11) is 1.52. The number of isocyanates is 1. The maximum absolute atomic E-state index is 10.0. The van der Waals surface area contributed by atoms with Crippen LogP contribution in [0.25, 0.3) is 10.4 Å². The second kappa shape index (κ2) is 7.73. The zero-order valence-corrected chi connectivity index (χ0v) is 9.87. The molecule has 0 aliphatic carbocycles. The lowest BCUT2D eigenvalue weighted by Crippen LogP contribution is -2.02. The molecule has 1 aromatic carbocycles. The predicted molar refractivity (Wildman–Crippen MR) is 64.3 cm³/mol. The van der Waals surface area contributed by atoms with Crippen molar-refractivity contribution < 1.29 is 14.3 Å². The van der Waals surface area contributed by atoms with Crippen LogP contribution in [-0.2, 0) is 11.3 Å². The van der Waals surface area contributed by atoms with E-state index in [0.29, 0.717) is 11.5 Å². The lowest BCUT2D eigenvalue weighted by atomic mass is 10.2. The van der Waals surface area contributed by atoms with Crippen molar-refractivity contribution in [3.05, 3.63) is 34.2 Å². The maximum atomic E-state index is 10.0. The molecule has 0 aliphatic heterocycles. The van der Waals surface area contributed by atoms with Crippen molar-refractivity contribution in [1.29, 1.82) is 0 Å². The van der Waals surface area contributed by atoms with E-state index in [9.17, 15) is 4.79 Å². The van der Waals surface area contributed by atoms with Gasteiger partial charge in [0.2, 0.25) is 6.08 Å². The van der Waals surface area contributed by atoms with E-state index in [2.05, 4.69) is 15.0 Å². The van der Waals surface area contributed by atoms with E-state index in [1.54, 1.807) is 18.2 Å². The molecule has 0 N–H and O–H groups in total. The average molecular weight is 248 g/mol. The monoisotopic (exact) mass is 248 g/mol. The van der Waals surface area contributed by atoms with E-state index < -0.39 is 0 Å². The molecule has 18 heavy (non-hydrogen) atoms. The minimum absolute atomic E-state index is 0.247. The van der Waals surface area contributed by atoms with Crippen molar-refractivity contribution in [2.45, 2.75) is 6.54 Å². The Morgan fingerprint density at radius 1 is 1.44 bits per heavy atom. The summed E-state index contributed by atoms with van der Waals surface area (Å²) >= 11 is 0. The molecule has 0 atom stereocenters. The molecular formula is C11H12N4O3. The van der Waals surface area contributed by atoms with E-state index in [4.69, 9.17) is 15.0 Å². The third kappa shape index (κ3) is 4.17. The first kappa shape index (κ1) is 13.6. The highest BCUT2D eigenvalue weighted by molar-refractivity contribution is 5.43. The molecule has 0 spiro atoms. The van der Waals surface area contributed by atoms with Crippen LogP contribution in [0.15, 0.2) is 28.3 Å². The quantitative estimate of drug-likeness (QED) is 0.185. The van der Waals surface area contributed by atoms with Gasteiger partial charge in [-0.15, -0.1) is 0 Å². The van der Waals surface area contributed by atoms with Crippen LogP contribution in [-0.4, -0.2) is 26.3 Å². The number of azide groups is 1. The molecule has 0 fully saturated rings. The molecule has 0 aliphatic rings. The van der Waals surface area contributed by atoms with Gasteiger partial charge in [-0.05, 0) is 23.2 Å². The molecule has 0 heterocycles. The van der Waals surface area contributed by atoms with Crippen molar-refractivity contribution in [1.82, 2.24) is 0 Å². The van der Waals surface area contributed by atoms with Crippen molar-refractivity contribution in [3.8, 4) is 11.5 Å². The molecule has 7 heteroatoms. The summed E-state index contributed by atoms with van der Waals surface area (Å²) < 4.78 is 10.5. The van der Waals surface area contributed by atoms with Gasteiger partial charge in [-0.3, -0.25) is 0 Å². The van der Waals surface area contributed by atoms with Crippen molar-refractivity contribution in [2.75, 3.05) is 20.3 Å². The standard InChI is InChI=1S/C11H12N4O3/c1-17-11-6-9(7-13-8-16)2-3-10(11)18-5-4-14-15-12/h2-3,6H,4-5,7H2,1H3. The Hall–Kier alpha value is -2.49. The minimum atomic E-state index is 0.247. The van der Waals surface area contributed by atoms with E-state index in [0.717, 1.165) is 5.56 Å². The van der Waals surface area contributed by atoms with Gasteiger partial charge in [0, 0.05) is 4.91 Å². The Kier molecular flexibility index (Phi) is 5.83. The first-order valence-corrected chi connectivity index (χ1v) is 5.16. The summed E-state index contributed by atoms with van der Waals surface area (Å²) in [5.74, 6) is 1.08. The summed E-state index contributed by atoms with van der Waals surface area (Å²) in [4.78, 5) is 16.1. The van der Waals surface area contributed by atoms with Crippen LogP contribution in [0.5, 0.6) is 11.5 Å². The first-order valence-electron chi connectivity index (χ1n) is 5.16. The van der Waals surface area contributed by atoms with E-state index in [1.165, 1.54) is 13.2 Å². The lowest BCUT2D eigenvalue weighted by molar-refractivity contribution is 0.302. The third-order valence-electron chi connectivity index (χ3n) is 2.07. The van der Waals surface area contributed by atoms with Crippen LogP contribution < -0.4 is 9.47 Å². The number of aliphatic imine (C=N–C) groups is 1. The van der Waals surface area contributed by atoms with Gasteiger partial charge in [0.25, 0.3) is 0 Å². The van der Waals surface area contributed by atoms with E-state index in [1.807, 2.05) is 0 Å². The van der Waals surface area contributed by atoms with Crippen LogP contribution in [0.3, 0.4) is 0 Å². The summed E-state index contributed by atoms with van der Waals surface area (Å²) in [6.07, 6.45) is 1.47. The van der Waals surface area contributed by atoms with E-state index >= 15 is 0 Å². The highest BCUT2D eigenvalue weighted by atomic mass is 16.5. The maximum Gasteiger partial charge on any atom is 0.235 e. The fourth-order valence-electron chi connectivity index (χ4n) is 1.29. The van der Waals surface area contributed by atoms with Crippen molar-refractivity contribution >= 4 is 6.08 Å². The van der Waals surface area contributed by atoms with Crippen LogP contribution in [0.1, 0.15) is 5.56 Å². The summed E-state index contributed by atoms with van der Waals surface area (Å²) in [6, 6.07) is 5.21. The van der Waals surface area contributed by atoms with Gasteiger partial charge in [-0.25, -0.2) is 9.79 Å². The van der Waals surface area contributed by atoms with Gasteiger partial charge in [0.15, 0.2) is 11.5 Å². The Labute approximate surface area is 104 Å². The van der Waals surface area contributed by atoms with Crippen molar-refractivity contribution in [2.24, 2.45) is 10.1 Å². The van der Waals surface area contributed by atoms with Crippen molar-refractivity contribution in [3.63, 3.8) is 0 Å². The molecule has 0 aromatic heterocycles. The highest BCUT2D eigenvalue weighted by Crippen LogP contribution is 2.28. The Bertz CT molecular complexity index is 491. The number of nitrogens with zero attached hydrogens (tertiary/aromatic N) is 4. The second-order valence-electron chi connectivity index (χ2n) is 3.20. The zero-order chi connectivity index (χ0) is 13.2. The number of ether oxygens (including phenoxy) is 2. The number of rotatable bonds is 7. The molecular weight excluding hydrogens is 236 g/mol. The number of hydrogen-bond donors (Lipinski definition) is 0. The fourth-order valence-corrected chi connectivity index (χ4v) is 1.29. The largest absolute Gasteiger partial charge is 0.493 e. The predicted octanol–water partition coefficient (Wildman–Crippen LogP) is 2.22. The number of methoxy groups -OCH3 is 1. The van der Waals surface area contributed by atoms with Crippen LogP contribution in [0, 0.1) is 0 Å². The first-order chi connectivity index (χ1) is 8.81. The average Bonchev–Trinajstić information content (AvgIpc) is 2.42. The third-order valence-corrected chi connectivity index (χ3v) is 2.07. The zero-order valence-electron chi connectivity index (χ0n) is 9.87. The molecule has 94 valence electrons. The normalized spacial score (nSPS) is 8.94. The Balaban J connectivity index is 2.72. The minimum Gasteiger partial charge on any atom is -0.493 e. The number of hydrogen-bond acceptors (Lipinski definition) is 5. The molecule has 1 aromatic rings. The Morgan fingerprint density at radius 3 is 2.94 bits per heavy atom. The van der Waals surface area contributed by atoms with Gasteiger partial charge in [-0.1, -0.05) is 11.2 Å². The molecule has 0 saturated carbocycles. The number of carbonyl (C=O) groups excluding carboxylic acids is 1. The van der Waals surface area contributed by atoms with E-state index in [-0.39, 0.29) is 19.7 Å². The summed E-state index contributed by atoms with van der Waals surface area (Å²) in [5, 5.41) is 3.36. The molecule has 1 rings (SSSR count). The molecule has 0 bridgehead atoms. The molecule has 0 amide bonds. The summed E-state index contributed by atoms with van der Waals surface area (Å²) in [5.41, 5.74) is 8.94. The summed E-state index contributed by atoms with van der Waals surface area (Å²) in [6.45, 7) is 0.766. The van der Waals surface area contributed by atoms with Gasteiger partial charge in [0.05, 0.1) is 26.8 Å². The smallest absolute Gasteiger partial charge is 0.235 e. The molecule has 7 nitrogen and oxygen atoms in total. The van der Waals surface area contributed by atoms with Gasteiger partial charge >= 0.3 is 0 Å². The number of benzene rings is 1. The fraction of sp³-hybridized carbons (Fsp3) is 0.364. The van der Waals surface area contributed by atoms with Crippen LogP contribution in [0.4, 0.5) is 0 Å². The van der Waals surface area contributed by atoms with Crippen LogP contribution in [0.2, 0.25) is 0 Å².